The summed E-state index contributed by atoms with van der Waals surface area (Å²) < 4.78 is 28.2. The minimum absolute atomic E-state index is 0.220. The third-order valence-electron chi connectivity index (χ3n) is 3.98. The predicted molar refractivity (Wildman–Crippen MR) is 107 cm³/mol. The summed E-state index contributed by atoms with van der Waals surface area (Å²) in [5.41, 5.74) is 1.30. The van der Waals surface area contributed by atoms with Crippen LogP contribution in [0.3, 0.4) is 0 Å². The van der Waals surface area contributed by atoms with Crippen molar-refractivity contribution in [3.8, 4) is 0 Å². The molecule has 3 aromatic carbocycles. The molecule has 0 heterocycles. The molecule has 0 aromatic heterocycles. The second-order valence-corrected chi connectivity index (χ2v) is 7.94. The Morgan fingerprint density at radius 2 is 1.50 bits per heavy atom. The Balaban J connectivity index is 2.20. The van der Waals surface area contributed by atoms with Gasteiger partial charge in [0.2, 0.25) is 0 Å². The number of sulfonamides is 1. The molecular weight excluding hydrogens is 366 g/mol. The highest BCUT2D eigenvalue weighted by atomic mass is 35.5. The monoisotopic (exact) mass is 383 g/mol. The van der Waals surface area contributed by atoms with E-state index in [1.807, 2.05) is 12.1 Å². The minimum Gasteiger partial charge on any atom is -0.255 e. The van der Waals surface area contributed by atoms with Crippen molar-refractivity contribution < 1.29 is 8.42 Å². The Hall–Kier alpha value is -2.56. The van der Waals surface area contributed by atoms with Crippen molar-refractivity contribution in [2.45, 2.75) is 10.9 Å². The zero-order valence-electron chi connectivity index (χ0n) is 14.0. The summed E-state index contributed by atoms with van der Waals surface area (Å²) in [4.78, 5) is 0.220. The van der Waals surface area contributed by atoms with Gasteiger partial charge in [0, 0.05) is 5.02 Å². The van der Waals surface area contributed by atoms with E-state index in [0.717, 1.165) is 5.56 Å². The lowest BCUT2D eigenvalue weighted by Gasteiger charge is -2.31. The summed E-state index contributed by atoms with van der Waals surface area (Å²) in [6, 6.07) is 23.9. The Labute approximate surface area is 159 Å². The van der Waals surface area contributed by atoms with E-state index in [2.05, 4.69) is 6.58 Å². The first-order valence-corrected chi connectivity index (χ1v) is 9.88. The van der Waals surface area contributed by atoms with Gasteiger partial charge in [-0.1, -0.05) is 66.2 Å². The number of anilines is 1. The lowest BCUT2D eigenvalue weighted by Crippen LogP contribution is -2.34. The number of halogens is 1. The molecule has 5 heteroatoms. The number of hydrogen-bond acceptors (Lipinski definition) is 2. The predicted octanol–water partition coefficient (Wildman–Crippen LogP) is 5.46. The van der Waals surface area contributed by atoms with Crippen LogP contribution in [0.15, 0.2) is 102 Å². The molecule has 0 saturated carbocycles. The minimum atomic E-state index is -3.81. The fraction of sp³-hybridized carbons (Fsp3) is 0.0476. The molecule has 0 radical (unpaired) electrons. The summed E-state index contributed by atoms with van der Waals surface area (Å²) in [5.74, 6) is 0. The van der Waals surface area contributed by atoms with E-state index in [-0.39, 0.29) is 4.90 Å². The van der Waals surface area contributed by atoms with E-state index in [1.165, 1.54) is 4.31 Å². The molecule has 0 amide bonds. The van der Waals surface area contributed by atoms with Gasteiger partial charge in [-0.3, -0.25) is 4.31 Å². The Morgan fingerprint density at radius 3 is 2.08 bits per heavy atom. The first-order chi connectivity index (χ1) is 12.5. The van der Waals surface area contributed by atoms with Crippen LogP contribution in [0.2, 0.25) is 5.02 Å². The standard InChI is InChI=1S/C21H18ClNO2S/c1-2-21(17-10-9-11-18(22)16-17)23(19-12-5-3-6-13-19)26(24,25)20-14-7-4-8-15-20/h2-16,21H,1H2. The van der Waals surface area contributed by atoms with Gasteiger partial charge >= 0.3 is 0 Å². The molecule has 0 aliphatic rings. The lowest BCUT2D eigenvalue weighted by atomic mass is 10.1. The van der Waals surface area contributed by atoms with Crippen molar-refractivity contribution >= 4 is 27.3 Å². The van der Waals surface area contributed by atoms with Crippen LogP contribution < -0.4 is 4.31 Å². The molecule has 132 valence electrons. The Bertz CT molecular complexity index is 989. The van der Waals surface area contributed by atoms with Crippen LogP contribution >= 0.6 is 11.6 Å². The van der Waals surface area contributed by atoms with Crippen LogP contribution in [0, 0.1) is 0 Å². The quantitative estimate of drug-likeness (QED) is 0.530. The Kier molecular flexibility index (Phi) is 5.45. The molecule has 0 saturated heterocycles. The molecule has 0 aliphatic heterocycles. The smallest absolute Gasteiger partial charge is 0.255 e. The molecule has 1 atom stereocenters. The highest BCUT2D eigenvalue weighted by molar-refractivity contribution is 7.92. The van der Waals surface area contributed by atoms with Gasteiger partial charge in [0.15, 0.2) is 0 Å². The van der Waals surface area contributed by atoms with Crippen molar-refractivity contribution in [1.82, 2.24) is 0 Å². The summed E-state index contributed by atoms with van der Waals surface area (Å²) in [5, 5.41) is 0.541. The normalized spacial score (nSPS) is 12.3. The average molecular weight is 384 g/mol. The van der Waals surface area contributed by atoms with Crippen LogP contribution in [0.25, 0.3) is 0 Å². The molecule has 3 rings (SSSR count). The van der Waals surface area contributed by atoms with E-state index in [4.69, 9.17) is 11.6 Å². The van der Waals surface area contributed by atoms with Gasteiger partial charge in [-0.25, -0.2) is 8.42 Å². The summed E-state index contributed by atoms with van der Waals surface area (Å²) in [6.45, 7) is 3.87. The van der Waals surface area contributed by atoms with E-state index in [0.29, 0.717) is 10.7 Å². The van der Waals surface area contributed by atoms with Crippen molar-refractivity contribution in [3.05, 3.63) is 108 Å². The van der Waals surface area contributed by atoms with Crippen molar-refractivity contribution in [1.29, 1.82) is 0 Å². The Morgan fingerprint density at radius 1 is 0.885 bits per heavy atom. The van der Waals surface area contributed by atoms with Crippen LogP contribution in [-0.4, -0.2) is 8.42 Å². The summed E-state index contributed by atoms with van der Waals surface area (Å²) >= 11 is 6.13. The third-order valence-corrected chi connectivity index (χ3v) is 6.04. The largest absolute Gasteiger partial charge is 0.265 e. The number of rotatable bonds is 6. The maximum Gasteiger partial charge on any atom is 0.265 e. The molecule has 3 aromatic rings. The first kappa shape index (κ1) is 18.2. The van der Waals surface area contributed by atoms with Crippen LogP contribution in [0.4, 0.5) is 5.69 Å². The maximum atomic E-state index is 13.4. The van der Waals surface area contributed by atoms with Gasteiger partial charge in [0.05, 0.1) is 16.6 Å². The van der Waals surface area contributed by atoms with E-state index in [1.54, 1.807) is 78.9 Å². The molecule has 3 nitrogen and oxygen atoms in total. The number of para-hydroxylation sites is 1. The molecule has 0 N–H and O–H groups in total. The van der Waals surface area contributed by atoms with Gasteiger partial charge in [0.1, 0.15) is 0 Å². The zero-order valence-corrected chi connectivity index (χ0v) is 15.6. The first-order valence-electron chi connectivity index (χ1n) is 8.06. The van der Waals surface area contributed by atoms with Crippen LogP contribution in [0.5, 0.6) is 0 Å². The molecule has 1 unspecified atom stereocenters. The zero-order chi connectivity index (χ0) is 18.6. The van der Waals surface area contributed by atoms with Gasteiger partial charge in [-0.05, 0) is 42.0 Å². The van der Waals surface area contributed by atoms with E-state index in [9.17, 15) is 8.42 Å². The summed E-state index contributed by atoms with van der Waals surface area (Å²) in [6.07, 6.45) is 1.61. The number of benzene rings is 3. The average Bonchev–Trinajstić information content (AvgIpc) is 2.67. The molecule has 0 aliphatic carbocycles. The van der Waals surface area contributed by atoms with Crippen LogP contribution in [0.1, 0.15) is 11.6 Å². The third kappa shape index (κ3) is 3.66. The number of hydrogen-bond donors (Lipinski definition) is 0. The van der Waals surface area contributed by atoms with Gasteiger partial charge < -0.3 is 0 Å². The second-order valence-electron chi connectivity index (χ2n) is 5.69. The fourth-order valence-electron chi connectivity index (χ4n) is 2.79. The van der Waals surface area contributed by atoms with E-state index < -0.39 is 16.1 Å². The van der Waals surface area contributed by atoms with Crippen LogP contribution in [-0.2, 0) is 10.0 Å². The summed E-state index contributed by atoms with van der Waals surface area (Å²) in [7, 11) is -3.81. The highest BCUT2D eigenvalue weighted by Gasteiger charge is 2.31. The highest BCUT2D eigenvalue weighted by Crippen LogP contribution is 2.34. The van der Waals surface area contributed by atoms with Gasteiger partial charge in [0.25, 0.3) is 10.0 Å². The molecule has 0 spiro atoms. The molecule has 0 fully saturated rings. The molecular formula is C21H18ClNO2S. The SMILES string of the molecule is C=CC(c1cccc(Cl)c1)N(c1ccccc1)S(=O)(=O)c1ccccc1. The fourth-order valence-corrected chi connectivity index (χ4v) is 4.62. The topological polar surface area (TPSA) is 37.4 Å². The van der Waals surface area contributed by atoms with Crippen molar-refractivity contribution in [2.24, 2.45) is 0 Å². The lowest BCUT2D eigenvalue weighted by molar-refractivity contribution is 0.586. The number of nitrogens with zero attached hydrogens (tertiary/aromatic N) is 1. The van der Waals surface area contributed by atoms with Gasteiger partial charge in [-0.15, -0.1) is 6.58 Å². The maximum absolute atomic E-state index is 13.4. The molecule has 26 heavy (non-hydrogen) atoms. The van der Waals surface area contributed by atoms with Crippen molar-refractivity contribution in [2.75, 3.05) is 4.31 Å². The van der Waals surface area contributed by atoms with E-state index >= 15 is 0 Å². The second kappa shape index (κ2) is 7.77. The van der Waals surface area contributed by atoms with Gasteiger partial charge in [-0.2, -0.15) is 0 Å². The van der Waals surface area contributed by atoms with Crippen molar-refractivity contribution in [3.63, 3.8) is 0 Å². The molecule has 0 bridgehead atoms.